The summed E-state index contributed by atoms with van der Waals surface area (Å²) in [6.45, 7) is 3.71. The molecule has 34 heavy (non-hydrogen) atoms. The van der Waals surface area contributed by atoms with Crippen LogP contribution in [0.5, 0.6) is 5.75 Å². The third-order valence-electron chi connectivity index (χ3n) is 7.24. The Balaban J connectivity index is 1.82. The Kier molecular flexibility index (Phi) is 7.10. The van der Waals surface area contributed by atoms with Crippen LogP contribution in [-0.2, 0) is 23.9 Å². The summed E-state index contributed by atoms with van der Waals surface area (Å²) in [6, 6.07) is 7.37. The van der Waals surface area contributed by atoms with Gasteiger partial charge in [-0.15, -0.1) is 0 Å². The van der Waals surface area contributed by atoms with E-state index in [9.17, 15) is 14.4 Å². The van der Waals surface area contributed by atoms with E-state index in [1.165, 1.54) is 7.11 Å². The third-order valence-corrected chi connectivity index (χ3v) is 7.24. The number of ketones is 1. The minimum absolute atomic E-state index is 0.125. The van der Waals surface area contributed by atoms with Crippen LogP contribution < -0.4 is 10.1 Å². The molecule has 0 amide bonds. The number of Topliss-reactive ketones (excluding diaryl/α,β-unsaturated/α-hetero) is 1. The van der Waals surface area contributed by atoms with Crippen LogP contribution in [0, 0.1) is 11.8 Å². The van der Waals surface area contributed by atoms with Crippen molar-refractivity contribution in [2.24, 2.45) is 11.8 Å². The van der Waals surface area contributed by atoms with Crippen molar-refractivity contribution >= 4 is 17.7 Å². The number of ether oxygens (including phenoxy) is 3. The van der Waals surface area contributed by atoms with E-state index in [0.29, 0.717) is 34.6 Å². The van der Waals surface area contributed by atoms with E-state index in [2.05, 4.69) is 5.32 Å². The van der Waals surface area contributed by atoms with E-state index in [1.807, 2.05) is 38.1 Å². The molecule has 1 saturated carbocycles. The van der Waals surface area contributed by atoms with Crippen molar-refractivity contribution < 1.29 is 28.6 Å². The van der Waals surface area contributed by atoms with Gasteiger partial charge < -0.3 is 19.5 Å². The van der Waals surface area contributed by atoms with Crippen LogP contribution >= 0.6 is 0 Å². The molecule has 1 aromatic carbocycles. The SMILES string of the molecule is COC(=O)[C@H]1C(=O)C2=C(C[C@H]1C)NC(C)=C(C(=O)OC1CCCCC1)[C@H]2c1ccccc1OC. The van der Waals surface area contributed by atoms with Gasteiger partial charge in [-0.05, 0) is 51.0 Å². The van der Waals surface area contributed by atoms with Gasteiger partial charge in [0.2, 0.25) is 0 Å². The minimum atomic E-state index is -0.920. The Bertz CT molecular complexity index is 1050. The van der Waals surface area contributed by atoms with Gasteiger partial charge in [-0.1, -0.05) is 31.5 Å². The maximum Gasteiger partial charge on any atom is 0.337 e. The summed E-state index contributed by atoms with van der Waals surface area (Å²) in [4.78, 5) is 40.0. The molecule has 2 aliphatic carbocycles. The van der Waals surface area contributed by atoms with Crippen molar-refractivity contribution in [2.75, 3.05) is 14.2 Å². The van der Waals surface area contributed by atoms with Crippen LogP contribution in [0.2, 0.25) is 0 Å². The molecule has 1 aromatic rings. The lowest BCUT2D eigenvalue weighted by Gasteiger charge is -2.38. The number of esters is 2. The van der Waals surface area contributed by atoms with Crippen molar-refractivity contribution in [1.82, 2.24) is 5.32 Å². The highest BCUT2D eigenvalue weighted by Crippen LogP contribution is 2.47. The molecule has 3 atom stereocenters. The second-order valence-electron chi connectivity index (χ2n) is 9.44. The summed E-state index contributed by atoms with van der Waals surface area (Å²) in [5, 5.41) is 3.31. The van der Waals surface area contributed by atoms with Crippen LogP contribution in [0.4, 0.5) is 0 Å². The van der Waals surface area contributed by atoms with Crippen molar-refractivity contribution in [2.45, 2.75) is 64.4 Å². The van der Waals surface area contributed by atoms with Gasteiger partial charge in [0.05, 0.1) is 25.7 Å². The number of dihydropyridines is 1. The maximum absolute atomic E-state index is 13.8. The van der Waals surface area contributed by atoms with Gasteiger partial charge in [-0.25, -0.2) is 4.79 Å². The van der Waals surface area contributed by atoms with Gasteiger partial charge in [0.25, 0.3) is 0 Å². The summed E-state index contributed by atoms with van der Waals surface area (Å²) in [5.74, 6) is -2.58. The average Bonchev–Trinajstić information content (AvgIpc) is 2.83. The first kappa shape index (κ1) is 24.0. The summed E-state index contributed by atoms with van der Waals surface area (Å²) in [7, 11) is 2.86. The number of benzene rings is 1. The third kappa shape index (κ3) is 4.36. The van der Waals surface area contributed by atoms with Gasteiger partial charge in [-0.3, -0.25) is 9.59 Å². The van der Waals surface area contributed by atoms with Crippen LogP contribution in [0.25, 0.3) is 0 Å². The van der Waals surface area contributed by atoms with Gasteiger partial charge >= 0.3 is 11.9 Å². The first-order valence-corrected chi connectivity index (χ1v) is 12.0. The number of hydrogen-bond acceptors (Lipinski definition) is 7. The number of allylic oxidation sites excluding steroid dienone is 3. The van der Waals surface area contributed by atoms with Gasteiger partial charge in [0.1, 0.15) is 17.8 Å². The van der Waals surface area contributed by atoms with E-state index in [4.69, 9.17) is 14.2 Å². The zero-order valence-corrected chi connectivity index (χ0v) is 20.3. The van der Waals surface area contributed by atoms with E-state index >= 15 is 0 Å². The molecule has 0 radical (unpaired) electrons. The molecule has 7 nitrogen and oxygen atoms in total. The van der Waals surface area contributed by atoms with E-state index < -0.39 is 23.8 Å². The number of rotatable bonds is 5. The van der Waals surface area contributed by atoms with Crippen molar-refractivity contribution in [3.63, 3.8) is 0 Å². The Morgan fingerprint density at radius 2 is 1.76 bits per heavy atom. The summed E-state index contributed by atoms with van der Waals surface area (Å²) >= 11 is 0. The Morgan fingerprint density at radius 1 is 1.06 bits per heavy atom. The topological polar surface area (TPSA) is 90.9 Å². The van der Waals surface area contributed by atoms with Crippen molar-refractivity contribution in [3.05, 3.63) is 52.4 Å². The molecule has 182 valence electrons. The highest BCUT2D eigenvalue weighted by Gasteiger charge is 2.48. The van der Waals surface area contributed by atoms with E-state index in [1.54, 1.807) is 7.11 Å². The van der Waals surface area contributed by atoms with Crippen LogP contribution in [-0.4, -0.2) is 38.0 Å². The fourth-order valence-electron chi connectivity index (χ4n) is 5.56. The highest BCUT2D eigenvalue weighted by atomic mass is 16.5. The van der Waals surface area contributed by atoms with Gasteiger partial charge in [-0.2, -0.15) is 0 Å². The maximum atomic E-state index is 13.8. The Labute approximate surface area is 200 Å². The fourth-order valence-corrected chi connectivity index (χ4v) is 5.56. The molecule has 0 saturated heterocycles. The molecule has 0 aromatic heterocycles. The summed E-state index contributed by atoms with van der Waals surface area (Å²) < 4.78 is 16.5. The number of carbonyl (C=O) groups is 3. The largest absolute Gasteiger partial charge is 0.496 e. The molecule has 7 heteroatoms. The Morgan fingerprint density at radius 3 is 2.44 bits per heavy atom. The number of methoxy groups -OCH3 is 2. The molecule has 4 rings (SSSR count). The molecule has 0 spiro atoms. The van der Waals surface area contributed by atoms with E-state index in [-0.39, 0.29) is 17.8 Å². The zero-order chi connectivity index (χ0) is 24.4. The fraction of sp³-hybridized carbons (Fsp3) is 0.519. The molecule has 1 aliphatic heterocycles. The molecule has 1 N–H and O–H groups in total. The molecule has 1 fully saturated rings. The second-order valence-corrected chi connectivity index (χ2v) is 9.44. The summed E-state index contributed by atoms with van der Waals surface area (Å²) in [5.41, 5.74) is 2.90. The van der Waals surface area contributed by atoms with Crippen LogP contribution in [0.15, 0.2) is 46.8 Å². The molecule has 3 aliphatic rings. The summed E-state index contributed by atoms with van der Waals surface area (Å²) in [6.07, 6.45) is 5.29. The average molecular weight is 468 g/mol. The zero-order valence-electron chi connectivity index (χ0n) is 20.3. The number of nitrogens with one attached hydrogen (secondary N) is 1. The van der Waals surface area contributed by atoms with Crippen LogP contribution in [0.3, 0.4) is 0 Å². The van der Waals surface area contributed by atoms with Crippen molar-refractivity contribution in [3.8, 4) is 5.75 Å². The first-order chi connectivity index (χ1) is 16.4. The normalized spacial score (nSPS) is 25.4. The standard InChI is InChI=1S/C27H33NO6/c1-15-14-19-24(25(29)21(15)26(30)33-4)23(18-12-8-9-13-20(18)32-3)22(16(2)28-19)27(31)34-17-10-6-5-7-11-17/h8-9,12-13,15,17,21,23,28H,5-7,10-11,14H2,1-4H3/t15-,21-,23-/m1/s1. The molecule has 0 unspecified atom stereocenters. The number of carbonyl (C=O) groups excluding carboxylic acids is 3. The lowest BCUT2D eigenvalue weighted by Crippen LogP contribution is -2.43. The monoisotopic (exact) mass is 467 g/mol. The molecular weight excluding hydrogens is 434 g/mol. The van der Waals surface area contributed by atoms with E-state index in [0.717, 1.165) is 37.8 Å². The van der Waals surface area contributed by atoms with Crippen molar-refractivity contribution in [1.29, 1.82) is 0 Å². The predicted molar refractivity (Wildman–Crippen MR) is 126 cm³/mol. The number of para-hydroxylation sites is 1. The van der Waals surface area contributed by atoms with Gasteiger partial charge in [0.15, 0.2) is 5.78 Å². The Hall–Kier alpha value is -3.09. The van der Waals surface area contributed by atoms with Crippen LogP contribution in [0.1, 0.15) is 63.9 Å². The molecule has 0 bridgehead atoms. The number of hydrogen-bond donors (Lipinski definition) is 1. The smallest absolute Gasteiger partial charge is 0.337 e. The highest BCUT2D eigenvalue weighted by molar-refractivity contribution is 6.12. The minimum Gasteiger partial charge on any atom is -0.496 e. The predicted octanol–water partition coefficient (Wildman–Crippen LogP) is 4.18. The quantitative estimate of drug-likeness (QED) is 0.513. The first-order valence-electron chi connectivity index (χ1n) is 12.0. The second kappa shape index (κ2) is 10.0. The molecule has 1 heterocycles. The lowest BCUT2D eigenvalue weighted by molar-refractivity contribution is -0.151. The lowest BCUT2D eigenvalue weighted by atomic mass is 9.69. The molecular formula is C27H33NO6. The van der Waals surface area contributed by atoms with Gasteiger partial charge in [0, 0.05) is 22.5 Å².